The van der Waals surface area contributed by atoms with Gasteiger partial charge >= 0.3 is 0 Å². The summed E-state index contributed by atoms with van der Waals surface area (Å²) >= 11 is 10.2. The lowest BCUT2D eigenvalue weighted by atomic mass is 9.81. The predicted octanol–water partition coefficient (Wildman–Crippen LogP) is 17.7. The Morgan fingerprint density at radius 2 is 1.37 bits per heavy atom. The molecule has 1 aliphatic carbocycles. The van der Waals surface area contributed by atoms with E-state index in [1.807, 2.05) is 74.5 Å². The number of hydrogen-bond acceptors (Lipinski definition) is 15. The van der Waals surface area contributed by atoms with Crippen LogP contribution in [0.3, 0.4) is 0 Å². The number of nitrogens with one attached hydrogen (secondary N) is 1. The van der Waals surface area contributed by atoms with E-state index >= 15 is 0 Å². The van der Waals surface area contributed by atoms with Gasteiger partial charge in [0.05, 0.1) is 61.9 Å². The van der Waals surface area contributed by atoms with Gasteiger partial charge in [-0.05, 0) is 174 Å². The number of nitrogens with zero attached hydrogens (tertiary/aromatic N) is 6. The molecule has 0 spiro atoms. The van der Waals surface area contributed by atoms with Gasteiger partial charge in [0.1, 0.15) is 17.1 Å². The molecule has 2 fully saturated rings. The Morgan fingerprint density at radius 1 is 0.747 bits per heavy atom. The molecular weight excluding hydrogens is 1350 g/mol. The number of aryl methyl sites for hydroxylation is 3. The Balaban J connectivity index is 0.000000169. The number of halogens is 1. The molecule has 0 atom stereocenters. The number of aromatic nitrogens is 2. The molecule has 7 aromatic rings. The number of benzene rings is 6. The van der Waals surface area contributed by atoms with E-state index in [-0.39, 0.29) is 43.9 Å². The normalized spacial score (nSPS) is 15.4. The second-order valence-corrected chi connectivity index (χ2v) is 27.2. The van der Waals surface area contributed by atoms with Crippen molar-refractivity contribution in [3.05, 3.63) is 254 Å². The van der Waals surface area contributed by atoms with E-state index in [1.165, 1.54) is 59.1 Å². The van der Waals surface area contributed by atoms with Crippen molar-refractivity contribution in [1.29, 1.82) is 0 Å². The first-order valence-corrected chi connectivity index (χ1v) is 34.8. The number of nitro groups is 1. The minimum atomic E-state index is -0.537. The van der Waals surface area contributed by atoms with Crippen molar-refractivity contribution in [2.75, 3.05) is 71.7 Å². The summed E-state index contributed by atoms with van der Waals surface area (Å²) in [6, 6.07) is 41.4. The molecule has 1 aromatic heterocycles. The van der Waals surface area contributed by atoms with E-state index in [0.717, 1.165) is 95.3 Å². The van der Waals surface area contributed by atoms with Crippen molar-refractivity contribution < 1.29 is 38.6 Å². The molecule has 2 saturated heterocycles. The summed E-state index contributed by atoms with van der Waals surface area (Å²) < 4.78 is 23.7. The Bertz CT molecular complexity index is 4370. The lowest BCUT2D eigenvalue weighted by Gasteiger charge is -2.28. The van der Waals surface area contributed by atoms with Crippen LogP contribution in [0.15, 0.2) is 193 Å². The molecule has 11 rings (SSSR count). The zero-order valence-corrected chi connectivity index (χ0v) is 61.0. The number of allylic oxidation sites excluding steroid dienone is 7. The molecule has 4 heterocycles. The maximum Gasteiger partial charge on any atom is 0.286 e. The first-order valence-electron chi connectivity index (χ1n) is 32.8. The fraction of sp³-hybridized carbons (Fsp3) is 0.291. The molecule has 2 N–H and O–H groups in total. The van der Waals surface area contributed by atoms with Crippen LogP contribution in [0.1, 0.15) is 110 Å². The number of aromatic amines is 1. The van der Waals surface area contributed by atoms with E-state index < -0.39 is 5.56 Å². The SMILES string of the molecule is Brc1cccc(/C=C/C=C/c2ccc(N3CCOCC3)cc2)c1.CCC(CC)c1ccc(/C=C2/SC(N3CCOCC3)=NC2=O)cc1.COc1cc(N=Cc2c(O)n(-c3cccc(C)c3)c(=S)[nH]c2=O)cc(OC)c1.Cc1cc(C)c([N+](=O)[O-])cc1/C=C/C1=CC(C(C)(C)C)=CC(=O)C1. The Labute approximate surface area is 598 Å². The molecule has 99 heavy (non-hydrogen) atoms. The minimum absolute atomic E-state index is 0.0168. The van der Waals surface area contributed by atoms with Crippen molar-refractivity contribution in [2.24, 2.45) is 15.4 Å². The van der Waals surface area contributed by atoms with Crippen LogP contribution < -0.4 is 19.9 Å². The highest BCUT2D eigenvalue weighted by Gasteiger charge is 2.28. The third kappa shape index (κ3) is 22.1. The van der Waals surface area contributed by atoms with Crippen molar-refractivity contribution in [2.45, 2.75) is 80.6 Å². The number of hydrogen-bond donors (Lipinski definition) is 2. The molecule has 17 nitrogen and oxygen atoms in total. The molecule has 20 heteroatoms. The fourth-order valence-electron chi connectivity index (χ4n) is 11.0. The second-order valence-electron chi connectivity index (χ2n) is 24.9. The number of rotatable bonds is 16. The summed E-state index contributed by atoms with van der Waals surface area (Å²) in [5.41, 5.74) is 12.1. The van der Waals surface area contributed by atoms with Crippen molar-refractivity contribution in [3.63, 3.8) is 0 Å². The highest BCUT2D eigenvalue weighted by Crippen LogP contribution is 2.35. The van der Waals surface area contributed by atoms with E-state index in [9.17, 15) is 29.6 Å². The van der Waals surface area contributed by atoms with Gasteiger partial charge in [-0.25, -0.2) is 0 Å². The first kappa shape index (κ1) is 75.5. The standard InChI is InChI=1S/C20H20BrNO.C20H19N3O4S.C20H23NO3.C19H24N2O2S/c21-19-7-3-6-18(16-19)5-2-1-4-17-8-10-20(11-9-17)22-12-14-23-15-13-22;1-12-5-4-6-14(7-12)23-19(25)17(18(24)22-20(23)28)11-21-13-8-15(26-2)10-16(9-13)27-3;1-13-8-14(2)19(21(23)24)11-16(13)7-6-15-9-17(20(3,4)5)12-18(22)10-15;1-3-15(4-2)16-7-5-14(6-8-16)13-17-18(22)20-19(24-17)21-9-11-23-12-10-21/h1-11,16H,12-15H2;4-11,25H,1-3H3,(H,22,24,28);6-9,11-12H,10H2,1-5H3;5-8,13,15H,3-4,9-12H2,1-2H3/b4-1+,5-2+;;7-6+;17-13+. The Hall–Kier alpha value is -9.31. The van der Waals surface area contributed by atoms with Crippen molar-refractivity contribution >= 4 is 104 Å². The minimum Gasteiger partial charge on any atom is -0.497 e. The van der Waals surface area contributed by atoms with Crippen molar-refractivity contribution in [1.82, 2.24) is 14.5 Å². The highest BCUT2D eigenvalue weighted by molar-refractivity contribution is 9.10. The molecule has 0 unspecified atom stereocenters. The van der Waals surface area contributed by atoms with Crippen LogP contribution in [-0.2, 0) is 19.1 Å². The number of carbonyl (C=O) groups excluding carboxylic acids is 2. The number of aromatic hydroxyl groups is 1. The number of carbonyl (C=O) groups is 2. The Kier molecular flexibility index (Phi) is 27.8. The van der Waals surface area contributed by atoms with Gasteiger partial charge in [0.25, 0.3) is 17.2 Å². The molecule has 0 saturated carbocycles. The molecule has 0 bridgehead atoms. The molecule has 3 aliphatic heterocycles. The summed E-state index contributed by atoms with van der Waals surface area (Å²) in [7, 11) is 3.07. The van der Waals surface area contributed by atoms with Crippen LogP contribution in [-0.4, -0.2) is 114 Å². The van der Waals surface area contributed by atoms with Gasteiger partial charge in [0, 0.05) is 78.8 Å². The van der Waals surface area contributed by atoms with Crippen LogP contribution in [0.5, 0.6) is 17.4 Å². The number of H-pyrrole nitrogens is 1. The monoisotopic (exact) mass is 1440 g/mol. The topological polar surface area (TPSA) is 203 Å². The molecular formula is C79H86BrN7O10S2. The smallest absolute Gasteiger partial charge is 0.286 e. The average Bonchev–Trinajstić information content (AvgIpc) is 1.43. The van der Waals surface area contributed by atoms with E-state index in [4.69, 9.17) is 31.2 Å². The average molecular weight is 1440 g/mol. The van der Waals surface area contributed by atoms with Gasteiger partial charge in [-0.15, -0.1) is 0 Å². The van der Waals surface area contributed by atoms with Crippen LogP contribution >= 0.6 is 39.9 Å². The van der Waals surface area contributed by atoms with Crippen LogP contribution in [0.25, 0.3) is 30.0 Å². The number of thioether (sulfide) groups is 1. The number of anilines is 1. The number of ketones is 1. The molecule has 516 valence electrons. The van der Waals surface area contributed by atoms with Gasteiger partial charge in [-0.1, -0.05) is 154 Å². The van der Waals surface area contributed by atoms with E-state index in [1.54, 1.807) is 43.3 Å². The fourth-order valence-corrected chi connectivity index (χ4v) is 12.6. The molecule has 4 aliphatic rings. The molecule has 1 amide bonds. The summed E-state index contributed by atoms with van der Waals surface area (Å²) in [5, 5.41) is 22.6. The number of amidine groups is 1. The van der Waals surface area contributed by atoms with Crippen LogP contribution in [0, 0.1) is 41.1 Å². The zero-order valence-electron chi connectivity index (χ0n) is 57.8. The van der Waals surface area contributed by atoms with Gasteiger partial charge < -0.3 is 33.9 Å². The zero-order chi connectivity index (χ0) is 71.2. The maximum absolute atomic E-state index is 12.3. The van der Waals surface area contributed by atoms with Gasteiger partial charge in [-0.2, -0.15) is 4.99 Å². The number of methoxy groups -OCH3 is 2. The van der Waals surface area contributed by atoms with E-state index in [0.29, 0.717) is 58.9 Å². The third-order valence-corrected chi connectivity index (χ3v) is 18.4. The lowest BCUT2D eigenvalue weighted by molar-refractivity contribution is -0.385. The lowest BCUT2D eigenvalue weighted by Crippen LogP contribution is -2.38. The van der Waals surface area contributed by atoms with Gasteiger partial charge in [0.15, 0.2) is 15.7 Å². The highest BCUT2D eigenvalue weighted by atomic mass is 79.9. The predicted molar refractivity (Wildman–Crippen MR) is 409 cm³/mol. The number of ether oxygens (including phenoxy) is 4. The van der Waals surface area contributed by atoms with E-state index in [2.05, 4.69) is 160 Å². The quantitative estimate of drug-likeness (QED) is 0.0231. The van der Waals surface area contributed by atoms with Crippen LogP contribution in [0.4, 0.5) is 17.1 Å². The van der Waals surface area contributed by atoms with Gasteiger partial charge in [0.2, 0.25) is 5.88 Å². The number of amides is 1. The Morgan fingerprint density at radius 3 is 1.98 bits per heavy atom. The summed E-state index contributed by atoms with van der Waals surface area (Å²) in [5.74, 6) is 1.39. The maximum atomic E-state index is 12.3. The number of nitro benzene ring substituents is 1. The molecule has 0 radical (unpaired) electrons. The van der Waals surface area contributed by atoms with Crippen molar-refractivity contribution in [3.8, 4) is 23.1 Å². The van der Waals surface area contributed by atoms with Crippen LogP contribution in [0.2, 0.25) is 0 Å². The summed E-state index contributed by atoms with van der Waals surface area (Å²) in [6.45, 7) is 22.9. The summed E-state index contributed by atoms with van der Waals surface area (Å²) in [6.07, 6.45) is 21.8. The second kappa shape index (κ2) is 36.5. The third-order valence-electron chi connectivity index (χ3n) is 16.6. The van der Waals surface area contributed by atoms with Gasteiger partial charge in [-0.3, -0.25) is 39.0 Å². The number of morpholine rings is 2. The number of aliphatic imine (C=N–C) groups is 2. The largest absolute Gasteiger partial charge is 0.497 e. The summed E-state index contributed by atoms with van der Waals surface area (Å²) in [4.78, 5) is 63.5. The first-order chi connectivity index (χ1) is 47.5. The molecule has 6 aromatic carbocycles.